The first kappa shape index (κ1) is 13.2. The number of amides is 3. The van der Waals surface area contributed by atoms with Gasteiger partial charge in [-0.15, -0.1) is 12.3 Å². The molecule has 1 saturated heterocycles. The molecular formula is C11H15N3O3. The summed E-state index contributed by atoms with van der Waals surface area (Å²) in [6.07, 6.45) is 5.14. The molecule has 0 bridgehead atoms. The molecule has 0 saturated carbocycles. The number of imide groups is 1. The lowest BCUT2D eigenvalue weighted by Crippen LogP contribution is -2.67. The summed E-state index contributed by atoms with van der Waals surface area (Å²) in [5.41, 5.74) is 4.49. The van der Waals surface area contributed by atoms with E-state index < -0.39 is 29.3 Å². The molecule has 1 aliphatic rings. The van der Waals surface area contributed by atoms with Crippen LogP contribution in [0.5, 0.6) is 0 Å². The van der Waals surface area contributed by atoms with Gasteiger partial charge in [0.25, 0.3) is 5.91 Å². The Morgan fingerprint density at radius 3 is 2.76 bits per heavy atom. The maximum absolute atomic E-state index is 12.0. The van der Waals surface area contributed by atoms with Crippen molar-refractivity contribution in [3.05, 3.63) is 0 Å². The van der Waals surface area contributed by atoms with E-state index in [9.17, 15) is 14.4 Å². The van der Waals surface area contributed by atoms with E-state index in [0.29, 0.717) is 0 Å². The summed E-state index contributed by atoms with van der Waals surface area (Å²) in [7, 11) is 0. The summed E-state index contributed by atoms with van der Waals surface area (Å²) in [4.78, 5) is 36.0. The number of terminal acetylenes is 1. The highest BCUT2D eigenvalue weighted by molar-refractivity contribution is 6.06. The predicted octanol–water partition coefficient (Wildman–Crippen LogP) is -1.40. The fourth-order valence-corrected chi connectivity index (χ4v) is 1.55. The lowest BCUT2D eigenvalue weighted by Gasteiger charge is -2.41. The van der Waals surface area contributed by atoms with E-state index >= 15 is 0 Å². The number of piperazine rings is 1. The number of carbonyl (C=O) groups is 3. The van der Waals surface area contributed by atoms with Crippen LogP contribution < -0.4 is 11.1 Å². The number of hydrogen-bond donors (Lipinski definition) is 2. The third-order valence-corrected chi connectivity index (χ3v) is 2.71. The predicted molar refractivity (Wildman–Crippen MR) is 60.4 cm³/mol. The molecule has 0 aliphatic carbocycles. The Morgan fingerprint density at radius 2 is 2.24 bits per heavy atom. The van der Waals surface area contributed by atoms with Crippen LogP contribution in [0.3, 0.4) is 0 Å². The topological polar surface area (TPSA) is 92.5 Å². The third kappa shape index (κ3) is 2.45. The van der Waals surface area contributed by atoms with Gasteiger partial charge >= 0.3 is 0 Å². The molecule has 1 atom stereocenters. The molecular weight excluding hydrogens is 222 g/mol. The standard InChI is InChI=1S/C11H15N3O3/c1-4-5-7(12)9(16)14-6-8(15)13-10(17)11(14,2)3/h1,7H,5-6,12H2,2-3H3,(H,13,15,17). The van der Waals surface area contributed by atoms with Gasteiger partial charge in [0.05, 0.1) is 6.04 Å². The van der Waals surface area contributed by atoms with E-state index in [1.54, 1.807) is 13.8 Å². The average molecular weight is 237 g/mol. The monoisotopic (exact) mass is 237 g/mol. The molecule has 1 rings (SSSR count). The van der Waals surface area contributed by atoms with Crippen molar-refractivity contribution in [2.45, 2.75) is 31.8 Å². The zero-order chi connectivity index (χ0) is 13.2. The Kier molecular flexibility index (Phi) is 3.53. The van der Waals surface area contributed by atoms with E-state index in [2.05, 4.69) is 11.2 Å². The third-order valence-electron chi connectivity index (χ3n) is 2.71. The quantitative estimate of drug-likeness (QED) is 0.456. The average Bonchev–Trinajstić information content (AvgIpc) is 2.23. The molecule has 6 nitrogen and oxygen atoms in total. The zero-order valence-corrected chi connectivity index (χ0v) is 9.82. The molecule has 3 amide bonds. The Bertz CT molecular complexity index is 409. The van der Waals surface area contributed by atoms with E-state index in [-0.39, 0.29) is 13.0 Å². The highest BCUT2D eigenvalue weighted by atomic mass is 16.2. The molecule has 1 heterocycles. The Balaban J connectivity index is 2.94. The molecule has 17 heavy (non-hydrogen) atoms. The van der Waals surface area contributed by atoms with Crippen molar-refractivity contribution in [3.63, 3.8) is 0 Å². The van der Waals surface area contributed by atoms with E-state index in [1.165, 1.54) is 0 Å². The van der Waals surface area contributed by atoms with Crippen LogP contribution in [-0.2, 0) is 14.4 Å². The number of nitrogens with two attached hydrogens (primary N) is 1. The van der Waals surface area contributed by atoms with Gasteiger partial charge in [-0.05, 0) is 13.8 Å². The Morgan fingerprint density at radius 1 is 1.65 bits per heavy atom. The van der Waals surface area contributed by atoms with E-state index in [0.717, 1.165) is 4.90 Å². The lowest BCUT2D eigenvalue weighted by atomic mass is 9.97. The van der Waals surface area contributed by atoms with Gasteiger partial charge in [-0.3, -0.25) is 19.7 Å². The van der Waals surface area contributed by atoms with Crippen molar-refractivity contribution in [2.75, 3.05) is 6.54 Å². The van der Waals surface area contributed by atoms with E-state index in [4.69, 9.17) is 12.2 Å². The van der Waals surface area contributed by atoms with Gasteiger partial charge in [-0.25, -0.2) is 0 Å². The second kappa shape index (κ2) is 4.55. The normalized spacial score (nSPS) is 20.5. The minimum absolute atomic E-state index is 0.0707. The molecule has 0 radical (unpaired) electrons. The first-order valence-corrected chi connectivity index (χ1v) is 5.15. The minimum Gasteiger partial charge on any atom is -0.319 e. The van der Waals surface area contributed by atoms with Crippen LogP contribution in [0, 0.1) is 12.3 Å². The molecule has 0 spiro atoms. The molecule has 0 aromatic heterocycles. The van der Waals surface area contributed by atoms with Gasteiger partial charge in [0.15, 0.2) is 0 Å². The van der Waals surface area contributed by atoms with Crippen molar-refractivity contribution in [1.82, 2.24) is 10.2 Å². The summed E-state index contributed by atoms with van der Waals surface area (Å²) < 4.78 is 0. The first-order chi connectivity index (χ1) is 7.80. The fraction of sp³-hybridized carbons (Fsp3) is 0.545. The molecule has 1 fully saturated rings. The molecule has 92 valence electrons. The first-order valence-electron chi connectivity index (χ1n) is 5.15. The lowest BCUT2D eigenvalue weighted by molar-refractivity contribution is -0.156. The van der Waals surface area contributed by atoms with Crippen molar-refractivity contribution < 1.29 is 14.4 Å². The Labute approximate surface area is 99.5 Å². The van der Waals surface area contributed by atoms with E-state index in [1.807, 2.05) is 0 Å². The summed E-state index contributed by atoms with van der Waals surface area (Å²) in [5.74, 6) is 0.753. The maximum Gasteiger partial charge on any atom is 0.252 e. The smallest absolute Gasteiger partial charge is 0.252 e. The van der Waals surface area contributed by atoms with Crippen LogP contribution in [0.15, 0.2) is 0 Å². The van der Waals surface area contributed by atoms with Crippen LogP contribution in [0.1, 0.15) is 20.3 Å². The number of nitrogens with zero attached hydrogens (tertiary/aromatic N) is 1. The molecule has 3 N–H and O–H groups in total. The second-order valence-corrected chi connectivity index (χ2v) is 4.38. The summed E-state index contributed by atoms with van der Waals surface area (Å²) in [5, 5.41) is 2.17. The number of rotatable bonds is 2. The van der Waals surface area contributed by atoms with Gasteiger partial charge in [0.1, 0.15) is 12.1 Å². The second-order valence-electron chi connectivity index (χ2n) is 4.38. The minimum atomic E-state index is -1.10. The van der Waals surface area contributed by atoms with Gasteiger partial charge < -0.3 is 10.6 Å². The van der Waals surface area contributed by atoms with Gasteiger partial charge in [0, 0.05) is 6.42 Å². The molecule has 0 aromatic carbocycles. The molecule has 1 aliphatic heterocycles. The van der Waals surface area contributed by atoms with Crippen LogP contribution >= 0.6 is 0 Å². The molecule has 6 heteroatoms. The van der Waals surface area contributed by atoms with Crippen molar-refractivity contribution in [2.24, 2.45) is 5.73 Å². The Hall–Kier alpha value is -1.87. The zero-order valence-electron chi connectivity index (χ0n) is 9.82. The van der Waals surface area contributed by atoms with Crippen molar-refractivity contribution >= 4 is 17.7 Å². The highest BCUT2D eigenvalue weighted by Gasteiger charge is 2.44. The van der Waals surface area contributed by atoms with Gasteiger partial charge in [-0.2, -0.15) is 0 Å². The highest BCUT2D eigenvalue weighted by Crippen LogP contribution is 2.19. The molecule has 1 unspecified atom stereocenters. The number of hydrogen-bond acceptors (Lipinski definition) is 4. The van der Waals surface area contributed by atoms with Crippen LogP contribution in [0.2, 0.25) is 0 Å². The van der Waals surface area contributed by atoms with Crippen molar-refractivity contribution in [1.29, 1.82) is 0 Å². The molecule has 0 aromatic rings. The van der Waals surface area contributed by atoms with Crippen molar-refractivity contribution in [3.8, 4) is 12.3 Å². The largest absolute Gasteiger partial charge is 0.319 e. The summed E-state index contributed by atoms with van der Waals surface area (Å²) >= 11 is 0. The van der Waals surface area contributed by atoms with Crippen LogP contribution in [0.25, 0.3) is 0 Å². The van der Waals surface area contributed by atoms with Crippen LogP contribution in [0.4, 0.5) is 0 Å². The number of nitrogens with one attached hydrogen (secondary N) is 1. The van der Waals surface area contributed by atoms with Gasteiger partial charge in [0.2, 0.25) is 11.8 Å². The number of carbonyl (C=O) groups excluding carboxylic acids is 3. The summed E-state index contributed by atoms with van der Waals surface area (Å²) in [6, 6.07) is -0.891. The maximum atomic E-state index is 12.0. The fourth-order valence-electron chi connectivity index (χ4n) is 1.55. The van der Waals surface area contributed by atoms with Crippen LogP contribution in [-0.4, -0.2) is 40.7 Å². The summed E-state index contributed by atoms with van der Waals surface area (Å²) in [6.45, 7) is 2.92. The SMILES string of the molecule is C#CCC(N)C(=O)N1CC(=O)NC(=O)C1(C)C. The van der Waals surface area contributed by atoms with Gasteiger partial charge in [-0.1, -0.05) is 0 Å².